The van der Waals surface area contributed by atoms with Crippen LogP contribution < -0.4 is 0 Å². The van der Waals surface area contributed by atoms with Crippen LogP contribution in [-0.4, -0.2) is 58.1 Å². The van der Waals surface area contributed by atoms with E-state index in [2.05, 4.69) is 36.4 Å². The lowest BCUT2D eigenvalue weighted by molar-refractivity contribution is 0.270. The minimum Gasteiger partial charge on any atom is -0.270 e. The molecule has 3 aromatic carbocycles. The third-order valence-electron chi connectivity index (χ3n) is 6.38. The molecule has 0 amide bonds. The van der Waals surface area contributed by atoms with Gasteiger partial charge in [0, 0.05) is 17.8 Å². The maximum Gasteiger partial charge on any atom is 0.264 e. The van der Waals surface area contributed by atoms with E-state index in [1.807, 2.05) is 54.6 Å². The molecule has 0 spiro atoms. The van der Waals surface area contributed by atoms with Gasteiger partial charge in [0.2, 0.25) is 10.0 Å². The third kappa shape index (κ3) is 6.20. The van der Waals surface area contributed by atoms with Crippen LogP contribution in [0.5, 0.6) is 0 Å². The van der Waals surface area contributed by atoms with Crippen LogP contribution in [0.2, 0.25) is 0 Å². The molecule has 0 bridgehead atoms. The van der Waals surface area contributed by atoms with Crippen molar-refractivity contribution < 1.29 is 21.0 Å². The summed E-state index contributed by atoms with van der Waals surface area (Å²) in [4.78, 5) is 0. The maximum absolute atomic E-state index is 12.7. The second-order valence-corrected chi connectivity index (χ2v) is 14.1. The Balaban J connectivity index is 1.75. The molecule has 0 saturated carbocycles. The normalized spacial score (nSPS) is 19.4. The first kappa shape index (κ1) is 26.9. The van der Waals surface area contributed by atoms with Crippen molar-refractivity contribution >= 4 is 31.9 Å². The van der Waals surface area contributed by atoms with Crippen LogP contribution in [0, 0.1) is 0 Å². The summed E-state index contributed by atoms with van der Waals surface area (Å²) in [5.41, 5.74) is 3.34. The lowest BCUT2D eigenvalue weighted by Crippen LogP contribution is -2.36. The van der Waals surface area contributed by atoms with Crippen molar-refractivity contribution in [2.45, 2.75) is 28.9 Å². The summed E-state index contributed by atoms with van der Waals surface area (Å²) < 4.78 is 54.1. The van der Waals surface area contributed by atoms with Crippen molar-refractivity contribution in [1.82, 2.24) is 4.31 Å². The number of thioether (sulfide) groups is 1. The van der Waals surface area contributed by atoms with Gasteiger partial charge in [-0.3, -0.25) is 4.18 Å². The molecule has 2 unspecified atom stereocenters. The first-order valence-electron chi connectivity index (χ1n) is 11.8. The Labute approximate surface area is 218 Å². The highest BCUT2D eigenvalue weighted by Gasteiger charge is 2.45. The zero-order chi connectivity index (χ0) is 25.8. The van der Waals surface area contributed by atoms with Gasteiger partial charge in [-0.2, -0.15) is 12.7 Å². The van der Waals surface area contributed by atoms with Crippen LogP contribution in [0.3, 0.4) is 0 Å². The van der Waals surface area contributed by atoms with Gasteiger partial charge in [-0.1, -0.05) is 91.0 Å². The van der Waals surface area contributed by atoms with Gasteiger partial charge < -0.3 is 0 Å². The average Bonchev–Trinajstić information content (AvgIpc) is 3.26. The maximum atomic E-state index is 12.7. The first-order chi connectivity index (χ1) is 17.1. The van der Waals surface area contributed by atoms with Crippen LogP contribution in [0.1, 0.15) is 29.5 Å². The van der Waals surface area contributed by atoms with Gasteiger partial charge in [-0.25, -0.2) is 8.42 Å². The smallest absolute Gasteiger partial charge is 0.264 e. The van der Waals surface area contributed by atoms with E-state index in [4.69, 9.17) is 4.18 Å². The molecule has 192 valence electrons. The minimum atomic E-state index is -3.59. The Morgan fingerprint density at radius 2 is 1.25 bits per heavy atom. The number of sulfonamides is 1. The second kappa shape index (κ2) is 11.1. The molecule has 9 heteroatoms. The molecular formula is C27H31NO5S3. The lowest BCUT2D eigenvalue weighted by atomic mass is 9.84. The Bertz CT molecular complexity index is 1250. The van der Waals surface area contributed by atoms with Crippen LogP contribution in [0.25, 0.3) is 0 Å². The van der Waals surface area contributed by atoms with Gasteiger partial charge in [0.1, 0.15) is 0 Å². The standard InChI is InChI=1S/C27H31NO5S3/c1-35(29,30)28-21-26(20-25(28)18-19-33-36(2,31)32)34-27(22-12-6-3-7-13-22,23-14-8-4-9-15-23)24-16-10-5-11-17-24/h3-17,25-26H,18-21H2,1-2H3. The molecule has 1 aliphatic heterocycles. The number of hydrogen-bond acceptors (Lipinski definition) is 6. The van der Waals surface area contributed by atoms with Crippen LogP contribution >= 0.6 is 11.8 Å². The Hall–Kier alpha value is -2.17. The van der Waals surface area contributed by atoms with E-state index in [1.165, 1.54) is 10.6 Å². The number of hydrogen-bond donors (Lipinski definition) is 0. The van der Waals surface area contributed by atoms with Crippen molar-refractivity contribution in [3.63, 3.8) is 0 Å². The molecule has 0 radical (unpaired) electrons. The lowest BCUT2D eigenvalue weighted by Gasteiger charge is -2.37. The highest BCUT2D eigenvalue weighted by atomic mass is 32.2. The molecule has 1 aliphatic rings. The first-order valence-corrected chi connectivity index (χ1v) is 16.3. The SMILES string of the molecule is CS(=O)(=O)OCCC1CC(SC(c2ccccc2)(c2ccccc2)c2ccccc2)CN1S(C)(=O)=O. The summed E-state index contributed by atoms with van der Waals surface area (Å²) in [6.45, 7) is 0.301. The average molecular weight is 546 g/mol. The van der Waals surface area contributed by atoms with Crippen LogP contribution in [-0.2, 0) is 29.1 Å². The van der Waals surface area contributed by atoms with Gasteiger partial charge in [0.25, 0.3) is 10.1 Å². The summed E-state index contributed by atoms with van der Waals surface area (Å²) in [5.74, 6) is 0. The fourth-order valence-electron chi connectivity index (χ4n) is 4.91. The number of benzene rings is 3. The molecule has 6 nitrogen and oxygen atoms in total. The minimum absolute atomic E-state index is 0.0245. The predicted octanol–water partition coefficient (Wildman–Crippen LogP) is 4.48. The summed E-state index contributed by atoms with van der Waals surface area (Å²) in [5, 5.41) is -0.0245. The Morgan fingerprint density at radius 1 is 0.806 bits per heavy atom. The predicted molar refractivity (Wildman–Crippen MR) is 146 cm³/mol. The fraction of sp³-hybridized carbons (Fsp3) is 0.333. The van der Waals surface area contributed by atoms with E-state index >= 15 is 0 Å². The fourth-order valence-corrected chi connectivity index (χ4v) is 8.45. The quantitative estimate of drug-likeness (QED) is 0.276. The van der Waals surface area contributed by atoms with Gasteiger partial charge in [0.15, 0.2) is 0 Å². The summed E-state index contributed by atoms with van der Waals surface area (Å²) in [6, 6.07) is 30.5. The van der Waals surface area contributed by atoms with Crippen LogP contribution in [0.15, 0.2) is 91.0 Å². The highest BCUT2D eigenvalue weighted by molar-refractivity contribution is 8.01. The van der Waals surface area contributed by atoms with Crippen molar-refractivity contribution in [2.75, 3.05) is 25.7 Å². The van der Waals surface area contributed by atoms with E-state index in [0.29, 0.717) is 19.4 Å². The van der Waals surface area contributed by atoms with Crippen molar-refractivity contribution in [3.05, 3.63) is 108 Å². The topological polar surface area (TPSA) is 80.8 Å². The molecule has 2 atom stereocenters. The number of rotatable bonds is 10. The molecule has 1 saturated heterocycles. The molecular weight excluding hydrogens is 515 g/mol. The van der Waals surface area contributed by atoms with Crippen molar-refractivity contribution in [3.8, 4) is 0 Å². The summed E-state index contributed by atoms with van der Waals surface area (Å²) >= 11 is 1.76. The molecule has 0 aliphatic carbocycles. The van der Waals surface area contributed by atoms with Crippen molar-refractivity contribution in [2.24, 2.45) is 0 Å². The zero-order valence-corrected chi connectivity index (χ0v) is 22.8. The van der Waals surface area contributed by atoms with Gasteiger partial charge >= 0.3 is 0 Å². The zero-order valence-electron chi connectivity index (χ0n) is 20.4. The monoisotopic (exact) mass is 545 g/mol. The molecule has 36 heavy (non-hydrogen) atoms. The largest absolute Gasteiger partial charge is 0.270 e. The van der Waals surface area contributed by atoms with Gasteiger partial charge in [-0.05, 0) is 29.5 Å². The Kier molecular flexibility index (Phi) is 8.26. The number of nitrogens with zero attached hydrogens (tertiary/aromatic N) is 1. The second-order valence-electron chi connectivity index (χ2n) is 9.06. The molecule has 4 rings (SSSR count). The third-order valence-corrected chi connectivity index (χ3v) is 10.0. The van der Waals surface area contributed by atoms with Crippen LogP contribution in [0.4, 0.5) is 0 Å². The molecule has 3 aromatic rings. The summed E-state index contributed by atoms with van der Waals surface area (Å²) in [7, 11) is -7.08. The molecule has 0 N–H and O–H groups in total. The van der Waals surface area contributed by atoms with E-state index in [0.717, 1.165) is 22.9 Å². The molecule has 1 heterocycles. The van der Waals surface area contributed by atoms with Crippen molar-refractivity contribution in [1.29, 1.82) is 0 Å². The van der Waals surface area contributed by atoms with E-state index < -0.39 is 24.9 Å². The van der Waals surface area contributed by atoms with E-state index in [9.17, 15) is 16.8 Å². The summed E-state index contributed by atoms with van der Waals surface area (Å²) in [6.07, 6.45) is 3.12. The Morgan fingerprint density at radius 3 is 1.64 bits per heavy atom. The van der Waals surface area contributed by atoms with Gasteiger partial charge in [-0.15, -0.1) is 11.8 Å². The van der Waals surface area contributed by atoms with Gasteiger partial charge in [0.05, 0.1) is 23.9 Å². The molecule has 1 fully saturated rings. The molecule has 0 aromatic heterocycles. The van der Waals surface area contributed by atoms with E-state index in [-0.39, 0.29) is 17.9 Å². The van der Waals surface area contributed by atoms with E-state index in [1.54, 1.807) is 11.8 Å². The highest BCUT2D eigenvalue weighted by Crippen LogP contribution is 2.52.